The normalized spacial score (nSPS) is 12.3. The lowest BCUT2D eigenvalue weighted by Gasteiger charge is -2.24. The van der Waals surface area contributed by atoms with Crippen LogP contribution in [0.4, 0.5) is 0 Å². The minimum atomic E-state index is -0.450. The van der Waals surface area contributed by atoms with E-state index in [-0.39, 0.29) is 11.5 Å². The maximum absolute atomic E-state index is 10.5. The molecule has 3 aromatic rings. The highest BCUT2D eigenvalue weighted by Gasteiger charge is 2.14. The van der Waals surface area contributed by atoms with Crippen molar-refractivity contribution < 1.29 is 15.3 Å². The summed E-state index contributed by atoms with van der Waals surface area (Å²) in [6, 6.07) is 14.5. The van der Waals surface area contributed by atoms with Crippen LogP contribution in [-0.2, 0) is 6.42 Å². The number of rotatable bonds is 12. The molecule has 0 saturated heterocycles. The lowest BCUT2D eigenvalue weighted by molar-refractivity contribution is 0.119. The fraction of sp³-hybridized carbons (Fsp3) is 0.318. The molecule has 1 heterocycles. The fourth-order valence-corrected chi connectivity index (χ4v) is 5.40. The number of benzene rings is 2. The first kappa shape index (κ1) is 23.0. The van der Waals surface area contributed by atoms with Crippen molar-refractivity contribution in [3.05, 3.63) is 65.1 Å². The van der Waals surface area contributed by atoms with Crippen LogP contribution in [0.3, 0.4) is 0 Å². The zero-order valence-corrected chi connectivity index (χ0v) is 19.0. The van der Waals surface area contributed by atoms with E-state index in [0.717, 1.165) is 39.4 Å². The third-order valence-electron chi connectivity index (χ3n) is 4.39. The van der Waals surface area contributed by atoms with Gasteiger partial charge < -0.3 is 15.3 Å². The van der Waals surface area contributed by atoms with Gasteiger partial charge in [-0.25, -0.2) is 4.98 Å². The lowest BCUT2D eigenvalue weighted by atomic mass is 10.2. The van der Waals surface area contributed by atoms with Gasteiger partial charge in [-0.05, 0) is 48.5 Å². The molecule has 1 aromatic heterocycles. The first-order valence-corrected chi connectivity index (χ1v) is 12.6. The van der Waals surface area contributed by atoms with E-state index in [1.54, 1.807) is 65.3 Å². The van der Waals surface area contributed by atoms with Gasteiger partial charge >= 0.3 is 0 Å². The highest BCUT2D eigenvalue weighted by atomic mass is 32.2. The first-order chi connectivity index (χ1) is 14.6. The summed E-state index contributed by atoms with van der Waals surface area (Å²) in [6.07, 6.45) is 1.89. The van der Waals surface area contributed by atoms with Gasteiger partial charge in [0.05, 0.1) is 11.1 Å². The first-order valence-electron chi connectivity index (χ1n) is 9.71. The number of phenols is 2. The minimum Gasteiger partial charge on any atom is -0.508 e. The van der Waals surface area contributed by atoms with E-state index in [1.807, 2.05) is 29.6 Å². The second-order valence-electron chi connectivity index (χ2n) is 6.77. The molecule has 0 aliphatic rings. The average molecular weight is 463 g/mol. The number of aromatic nitrogens is 1. The highest BCUT2D eigenvalue weighted by molar-refractivity contribution is 7.99. The number of thiazole rings is 1. The second-order valence-corrected chi connectivity index (χ2v) is 10.1. The zero-order chi connectivity index (χ0) is 21.2. The van der Waals surface area contributed by atoms with Crippen LogP contribution in [-0.4, -0.2) is 62.4 Å². The molecule has 2 aromatic carbocycles. The Kier molecular flexibility index (Phi) is 9.35. The molecule has 30 heavy (non-hydrogen) atoms. The molecular weight excluding hydrogens is 436 g/mol. The van der Waals surface area contributed by atoms with Crippen LogP contribution in [0, 0.1) is 0 Å². The summed E-state index contributed by atoms with van der Waals surface area (Å²) in [5, 5.41) is 32.3. The Hall–Kier alpha value is -1.71. The zero-order valence-electron chi connectivity index (χ0n) is 16.6. The van der Waals surface area contributed by atoms with Crippen LogP contribution in [0.25, 0.3) is 0 Å². The Morgan fingerprint density at radius 2 is 1.40 bits per heavy atom. The number of aliphatic hydroxyl groups excluding tert-OH is 1. The number of nitrogens with zero attached hydrogens (tertiary/aromatic N) is 2. The van der Waals surface area contributed by atoms with Gasteiger partial charge in [0.25, 0.3) is 0 Å². The Morgan fingerprint density at radius 3 is 1.87 bits per heavy atom. The number of aliphatic hydroxyl groups is 1. The Bertz CT molecular complexity index is 807. The SMILES string of the molecule is Oc1ccc(SCCN(CCSc2ccc(O)cc2)CC(O)Cc2nccs2)cc1. The summed E-state index contributed by atoms with van der Waals surface area (Å²) >= 11 is 5.06. The van der Waals surface area contributed by atoms with Crippen molar-refractivity contribution in [2.45, 2.75) is 22.3 Å². The highest BCUT2D eigenvalue weighted by Crippen LogP contribution is 2.22. The van der Waals surface area contributed by atoms with Crippen LogP contribution in [0.2, 0.25) is 0 Å². The summed E-state index contributed by atoms with van der Waals surface area (Å²) < 4.78 is 0. The molecule has 0 bridgehead atoms. The van der Waals surface area contributed by atoms with Crippen molar-refractivity contribution in [1.82, 2.24) is 9.88 Å². The van der Waals surface area contributed by atoms with Crippen LogP contribution < -0.4 is 0 Å². The quantitative estimate of drug-likeness (QED) is 0.346. The maximum atomic E-state index is 10.5. The molecule has 0 spiro atoms. The molecule has 1 unspecified atom stereocenters. The van der Waals surface area contributed by atoms with Gasteiger partial charge in [-0.3, -0.25) is 4.90 Å². The number of hydrogen-bond donors (Lipinski definition) is 3. The monoisotopic (exact) mass is 462 g/mol. The predicted molar refractivity (Wildman–Crippen MR) is 126 cm³/mol. The number of hydrogen-bond acceptors (Lipinski definition) is 8. The summed E-state index contributed by atoms with van der Waals surface area (Å²) in [5.41, 5.74) is 0. The molecule has 1 atom stereocenters. The average Bonchev–Trinajstić information content (AvgIpc) is 3.23. The van der Waals surface area contributed by atoms with Gasteiger partial charge in [-0.15, -0.1) is 34.9 Å². The second kappa shape index (κ2) is 12.2. The summed E-state index contributed by atoms with van der Waals surface area (Å²) in [6.45, 7) is 2.32. The van der Waals surface area contributed by atoms with Gasteiger partial charge in [-0.1, -0.05) is 0 Å². The van der Waals surface area contributed by atoms with E-state index < -0.39 is 6.10 Å². The molecule has 0 aliphatic heterocycles. The number of phenolic OH excluding ortho intramolecular Hbond substituents is 2. The third kappa shape index (κ3) is 8.20. The molecular formula is C22H26N2O3S3. The van der Waals surface area contributed by atoms with Crippen molar-refractivity contribution in [1.29, 1.82) is 0 Å². The molecule has 0 amide bonds. The molecule has 8 heteroatoms. The Labute approximate surface area is 189 Å². The molecule has 0 aliphatic carbocycles. The maximum Gasteiger partial charge on any atom is 0.115 e. The van der Waals surface area contributed by atoms with Crippen LogP contribution >= 0.6 is 34.9 Å². The minimum absolute atomic E-state index is 0.276. The molecule has 3 N–H and O–H groups in total. The topological polar surface area (TPSA) is 76.8 Å². The largest absolute Gasteiger partial charge is 0.508 e. The molecule has 3 rings (SSSR count). The van der Waals surface area contributed by atoms with E-state index in [1.165, 1.54) is 0 Å². The van der Waals surface area contributed by atoms with Crippen molar-refractivity contribution >= 4 is 34.9 Å². The van der Waals surface area contributed by atoms with E-state index in [9.17, 15) is 15.3 Å². The summed E-state index contributed by atoms with van der Waals surface area (Å²) in [5.74, 6) is 2.35. The van der Waals surface area contributed by atoms with Crippen molar-refractivity contribution in [3.8, 4) is 11.5 Å². The predicted octanol–water partition coefficient (Wildman–Crippen LogP) is 4.34. The summed E-state index contributed by atoms with van der Waals surface area (Å²) in [4.78, 5) is 8.80. The molecule has 0 radical (unpaired) electrons. The van der Waals surface area contributed by atoms with E-state index >= 15 is 0 Å². The van der Waals surface area contributed by atoms with E-state index in [0.29, 0.717) is 13.0 Å². The van der Waals surface area contributed by atoms with Crippen molar-refractivity contribution in [2.24, 2.45) is 0 Å². The molecule has 0 saturated carbocycles. The third-order valence-corrected chi connectivity index (χ3v) is 7.17. The van der Waals surface area contributed by atoms with Crippen molar-refractivity contribution in [2.75, 3.05) is 31.1 Å². The number of thioether (sulfide) groups is 2. The molecule has 0 fully saturated rings. The summed E-state index contributed by atoms with van der Waals surface area (Å²) in [7, 11) is 0. The molecule has 160 valence electrons. The van der Waals surface area contributed by atoms with Gasteiger partial charge in [0.2, 0.25) is 0 Å². The van der Waals surface area contributed by atoms with Crippen LogP contribution in [0.1, 0.15) is 5.01 Å². The van der Waals surface area contributed by atoms with Gasteiger partial charge in [0, 0.05) is 58.9 Å². The molecule has 5 nitrogen and oxygen atoms in total. The van der Waals surface area contributed by atoms with Gasteiger partial charge in [0.15, 0.2) is 0 Å². The van der Waals surface area contributed by atoms with Gasteiger partial charge in [-0.2, -0.15) is 0 Å². The van der Waals surface area contributed by atoms with E-state index in [2.05, 4.69) is 9.88 Å². The van der Waals surface area contributed by atoms with Crippen LogP contribution in [0.15, 0.2) is 69.9 Å². The standard InChI is InChI=1S/C22H26N2O3S3/c25-17-1-5-20(6-2-17)28-13-10-24(16-19(27)15-22-23-9-12-30-22)11-14-29-21-7-3-18(26)4-8-21/h1-9,12,19,25-27H,10-11,13-16H2. The Balaban J connectivity index is 1.49. The Morgan fingerprint density at radius 1 is 0.867 bits per heavy atom. The lowest BCUT2D eigenvalue weighted by Crippen LogP contribution is -2.36. The number of aromatic hydroxyl groups is 2. The van der Waals surface area contributed by atoms with E-state index in [4.69, 9.17) is 0 Å². The van der Waals surface area contributed by atoms with Crippen molar-refractivity contribution in [3.63, 3.8) is 0 Å². The smallest absolute Gasteiger partial charge is 0.115 e. The van der Waals surface area contributed by atoms with Crippen LogP contribution in [0.5, 0.6) is 11.5 Å². The fourth-order valence-electron chi connectivity index (χ4n) is 2.88. The van der Waals surface area contributed by atoms with Gasteiger partial charge in [0.1, 0.15) is 11.5 Å².